The largest absolute Gasteiger partial charge is 0.416 e. The third kappa shape index (κ3) is 5.21. The van der Waals surface area contributed by atoms with Crippen molar-refractivity contribution in [3.05, 3.63) is 63.6 Å². The zero-order chi connectivity index (χ0) is 21.0. The van der Waals surface area contributed by atoms with Crippen molar-refractivity contribution in [2.24, 2.45) is 7.05 Å². The number of hydrogen-bond acceptors (Lipinski definition) is 5. The molecular formula is C19H21F3N4O3. The number of benzene rings is 1. The van der Waals surface area contributed by atoms with E-state index in [0.29, 0.717) is 31.9 Å². The first-order valence-electron chi connectivity index (χ1n) is 9.07. The molecule has 1 aromatic carbocycles. The third-order valence-corrected chi connectivity index (χ3v) is 4.76. The summed E-state index contributed by atoms with van der Waals surface area (Å²) in [6.07, 6.45) is -4.41. The minimum Gasteiger partial charge on any atom is -0.379 e. The Morgan fingerprint density at radius 3 is 2.41 bits per heavy atom. The van der Waals surface area contributed by atoms with Crippen LogP contribution in [0.4, 0.5) is 13.2 Å². The highest BCUT2D eigenvalue weighted by molar-refractivity contribution is 5.92. The lowest BCUT2D eigenvalue weighted by Crippen LogP contribution is -2.44. The van der Waals surface area contributed by atoms with E-state index in [9.17, 15) is 22.8 Å². The molecule has 0 bridgehead atoms. The predicted octanol–water partition coefficient (Wildman–Crippen LogP) is 1.60. The summed E-state index contributed by atoms with van der Waals surface area (Å²) in [6.45, 7) is 2.38. The maximum Gasteiger partial charge on any atom is 0.416 e. The van der Waals surface area contributed by atoms with E-state index in [1.165, 1.54) is 31.3 Å². The fraction of sp³-hybridized carbons (Fsp3) is 0.421. The first-order chi connectivity index (χ1) is 13.8. The molecule has 7 nitrogen and oxygen atoms in total. The second-order valence-electron chi connectivity index (χ2n) is 6.67. The molecule has 1 fully saturated rings. The van der Waals surface area contributed by atoms with Gasteiger partial charge in [-0.05, 0) is 23.8 Å². The summed E-state index contributed by atoms with van der Waals surface area (Å²) in [5.41, 5.74) is -0.313. The molecule has 1 aromatic heterocycles. The molecule has 3 rings (SSSR count). The summed E-state index contributed by atoms with van der Waals surface area (Å²) in [5, 5.41) is 6.67. The average molecular weight is 410 g/mol. The minimum atomic E-state index is -4.41. The second-order valence-corrected chi connectivity index (χ2v) is 6.67. The Balaban J connectivity index is 1.77. The maximum absolute atomic E-state index is 12.9. The monoisotopic (exact) mass is 410 g/mol. The Kier molecular flexibility index (Phi) is 6.33. The van der Waals surface area contributed by atoms with Crippen molar-refractivity contribution in [1.29, 1.82) is 0 Å². The van der Waals surface area contributed by atoms with Crippen LogP contribution in [0.2, 0.25) is 0 Å². The molecule has 1 aliphatic heterocycles. The number of halogens is 3. The number of rotatable bonds is 5. The fourth-order valence-corrected chi connectivity index (χ4v) is 3.14. The number of carbonyl (C=O) groups excluding carboxylic acids is 1. The molecule has 10 heteroatoms. The summed E-state index contributed by atoms with van der Waals surface area (Å²) in [6, 6.07) is 7.20. The van der Waals surface area contributed by atoms with Crippen LogP contribution in [-0.2, 0) is 18.0 Å². The van der Waals surface area contributed by atoms with Gasteiger partial charge in [0.15, 0.2) is 0 Å². The number of morpholine rings is 1. The molecule has 1 atom stereocenters. The lowest BCUT2D eigenvalue weighted by Gasteiger charge is -2.35. The molecule has 29 heavy (non-hydrogen) atoms. The van der Waals surface area contributed by atoms with E-state index >= 15 is 0 Å². The number of aromatic nitrogens is 2. The molecule has 0 aliphatic carbocycles. The second kappa shape index (κ2) is 8.75. The number of aryl methyl sites for hydroxylation is 1. The van der Waals surface area contributed by atoms with Gasteiger partial charge in [0, 0.05) is 32.7 Å². The van der Waals surface area contributed by atoms with E-state index in [0.717, 1.165) is 16.8 Å². The first kappa shape index (κ1) is 21.0. The number of amides is 1. The Labute approximate surface area is 165 Å². The lowest BCUT2D eigenvalue weighted by atomic mass is 10.0. The van der Waals surface area contributed by atoms with Gasteiger partial charge in [-0.25, -0.2) is 4.68 Å². The molecule has 1 unspecified atom stereocenters. The standard InChI is InChI=1S/C19H21F3N4O3/c1-25-17(27)7-6-15(24-25)18(28)23-12-16(26-8-10-29-11-9-26)13-2-4-14(5-3-13)19(20,21)22/h2-7,16H,8-12H2,1H3,(H,23,28). The van der Waals surface area contributed by atoms with Crippen molar-refractivity contribution in [1.82, 2.24) is 20.0 Å². The zero-order valence-electron chi connectivity index (χ0n) is 15.8. The Morgan fingerprint density at radius 1 is 1.17 bits per heavy atom. The predicted molar refractivity (Wildman–Crippen MR) is 98.4 cm³/mol. The van der Waals surface area contributed by atoms with Gasteiger partial charge >= 0.3 is 6.18 Å². The van der Waals surface area contributed by atoms with Crippen molar-refractivity contribution >= 4 is 5.91 Å². The van der Waals surface area contributed by atoms with E-state index < -0.39 is 17.6 Å². The van der Waals surface area contributed by atoms with E-state index in [-0.39, 0.29) is 23.8 Å². The molecule has 2 heterocycles. The summed E-state index contributed by atoms with van der Waals surface area (Å²) in [4.78, 5) is 25.9. The molecule has 1 amide bonds. The molecule has 2 aromatic rings. The molecular weight excluding hydrogens is 389 g/mol. The molecule has 0 saturated carbocycles. The number of carbonyl (C=O) groups is 1. The topological polar surface area (TPSA) is 76.5 Å². The zero-order valence-corrected chi connectivity index (χ0v) is 15.8. The van der Waals surface area contributed by atoms with Crippen molar-refractivity contribution < 1.29 is 22.7 Å². The average Bonchev–Trinajstić information content (AvgIpc) is 2.70. The maximum atomic E-state index is 12.9. The van der Waals surface area contributed by atoms with Gasteiger partial charge in [-0.1, -0.05) is 12.1 Å². The van der Waals surface area contributed by atoms with Gasteiger partial charge in [-0.2, -0.15) is 18.3 Å². The number of alkyl halides is 3. The van der Waals surface area contributed by atoms with E-state index in [2.05, 4.69) is 15.3 Å². The van der Waals surface area contributed by atoms with Crippen LogP contribution in [0.5, 0.6) is 0 Å². The Morgan fingerprint density at radius 2 is 1.83 bits per heavy atom. The molecule has 0 radical (unpaired) electrons. The van der Waals surface area contributed by atoms with Gasteiger partial charge in [0.05, 0.1) is 24.8 Å². The van der Waals surface area contributed by atoms with Crippen molar-refractivity contribution in [3.8, 4) is 0 Å². The van der Waals surface area contributed by atoms with Crippen LogP contribution in [0.3, 0.4) is 0 Å². The summed E-state index contributed by atoms with van der Waals surface area (Å²) in [7, 11) is 1.44. The quantitative estimate of drug-likeness (QED) is 0.811. The molecule has 1 aliphatic rings. The van der Waals surface area contributed by atoms with Gasteiger partial charge in [-0.3, -0.25) is 14.5 Å². The fourth-order valence-electron chi connectivity index (χ4n) is 3.14. The van der Waals surface area contributed by atoms with Gasteiger partial charge in [0.25, 0.3) is 11.5 Å². The SMILES string of the molecule is Cn1nc(C(=O)NCC(c2ccc(C(F)(F)F)cc2)N2CCOCC2)ccc1=O. The smallest absolute Gasteiger partial charge is 0.379 e. The van der Waals surface area contributed by atoms with E-state index in [4.69, 9.17) is 4.74 Å². The lowest BCUT2D eigenvalue weighted by molar-refractivity contribution is -0.137. The summed E-state index contributed by atoms with van der Waals surface area (Å²) in [5.74, 6) is -0.467. The van der Waals surface area contributed by atoms with Crippen molar-refractivity contribution in [3.63, 3.8) is 0 Å². The van der Waals surface area contributed by atoms with Crippen LogP contribution >= 0.6 is 0 Å². The number of ether oxygens (including phenoxy) is 1. The van der Waals surface area contributed by atoms with Crippen LogP contribution < -0.4 is 10.9 Å². The number of nitrogens with one attached hydrogen (secondary N) is 1. The molecule has 0 spiro atoms. The van der Waals surface area contributed by atoms with Gasteiger partial charge in [0.1, 0.15) is 5.69 Å². The van der Waals surface area contributed by atoms with Crippen molar-refractivity contribution in [2.45, 2.75) is 12.2 Å². The highest BCUT2D eigenvalue weighted by Crippen LogP contribution is 2.31. The normalized spacial score (nSPS) is 16.4. The van der Waals surface area contributed by atoms with Crippen LogP contribution in [0.1, 0.15) is 27.7 Å². The Bertz CT molecular complexity index is 906. The number of nitrogens with zero attached hydrogens (tertiary/aromatic N) is 3. The first-order valence-corrected chi connectivity index (χ1v) is 9.07. The van der Waals surface area contributed by atoms with Gasteiger partial charge in [-0.15, -0.1) is 0 Å². The molecule has 1 saturated heterocycles. The van der Waals surface area contributed by atoms with Gasteiger partial charge < -0.3 is 10.1 Å². The van der Waals surface area contributed by atoms with E-state index in [1.807, 2.05) is 0 Å². The third-order valence-electron chi connectivity index (χ3n) is 4.76. The van der Waals surface area contributed by atoms with E-state index in [1.54, 1.807) is 0 Å². The number of hydrogen-bond donors (Lipinski definition) is 1. The van der Waals surface area contributed by atoms with Gasteiger partial charge in [0.2, 0.25) is 0 Å². The summed E-state index contributed by atoms with van der Waals surface area (Å²) < 4.78 is 45.0. The summed E-state index contributed by atoms with van der Waals surface area (Å²) >= 11 is 0. The highest BCUT2D eigenvalue weighted by Gasteiger charge is 2.31. The van der Waals surface area contributed by atoms with Crippen LogP contribution in [-0.4, -0.2) is 53.4 Å². The molecule has 1 N–H and O–H groups in total. The van der Waals surface area contributed by atoms with Crippen molar-refractivity contribution in [2.75, 3.05) is 32.8 Å². The molecule has 156 valence electrons. The van der Waals surface area contributed by atoms with Crippen LogP contribution in [0.25, 0.3) is 0 Å². The van der Waals surface area contributed by atoms with Crippen LogP contribution in [0.15, 0.2) is 41.2 Å². The minimum absolute atomic E-state index is 0.0836. The highest BCUT2D eigenvalue weighted by atomic mass is 19.4. The Hall–Kier alpha value is -2.72. The van der Waals surface area contributed by atoms with Crippen LogP contribution in [0, 0.1) is 0 Å².